The lowest BCUT2D eigenvalue weighted by Gasteiger charge is -2.19. The summed E-state index contributed by atoms with van der Waals surface area (Å²) in [5.74, 6) is 0.493. The molecule has 3 nitrogen and oxygen atoms in total. The minimum absolute atomic E-state index is 0.113. The van der Waals surface area contributed by atoms with E-state index in [0.717, 1.165) is 11.3 Å². The van der Waals surface area contributed by atoms with Crippen LogP contribution in [0.2, 0.25) is 0 Å². The fourth-order valence-corrected chi connectivity index (χ4v) is 1.57. The van der Waals surface area contributed by atoms with Crippen LogP contribution in [-0.4, -0.2) is 6.03 Å². The molecular formula is C11H14N2O. The zero-order valence-electron chi connectivity index (χ0n) is 8.42. The zero-order valence-corrected chi connectivity index (χ0v) is 8.42. The second kappa shape index (κ2) is 3.33. The number of amides is 2. The van der Waals surface area contributed by atoms with E-state index in [-0.39, 0.29) is 6.03 Å². The number of carbonyl (C=O) groups excluding carboxylic acids is 1. The molecule has 0 saturated heterocycles. The molecule has 0 aromatic heterocycles. The van der Waals surface area contributed by atoms with E-state index in [4.69, 9.17) is 0 Å². The van der Waals surface area contributed by atoms with Gasteiger partial charge >= 0.3 is 6.03 Å². The predicted octanol–water partition coefficient (Wildman–Crippen LogP) is 2.45. The van der Waals surface area contributed by atoms with Crippen molar-refractivity contribution in [3.05, 3.63) is 29.3 Å². The number of anilines is 1. The van der Waals surface area contributed by atoms with Gasteiger partial charge in [0.05, 0.1) is 0 Å². The summed E-state index contributed by atoms with van der Waals surface area (Å²) in [4.78, 5) is 11.1. The van der Waals surface area contributed by atoms with Crippen LogP contribution in [0, 0.1) is 0 Å². The van der Waals surface area contributed by atoms with Crippen molar-refractivity contribution in [2.45, 2.75) is 26.3 Å². The molecule has 1 heterocycles. The number of carbonyl (C=O) groups is 1. The van der Waals surface area contributed by atoms with Crippen molar-refractivity contribution in [1.29, 1.82) is 0 Å². The van der Waals surface area contributed by atoms with Crippen LogP contribution in [0.1, 0.15) is 30.9 Å². The van der Waals surface area contributed by atoms with Crippen LogP contribution in [0.4, 0.5) is 10.5 Å². The Hall–Kier alpha value is -1.51. The summed E-state index contributed by atoms with van der Waals surface area (Å²) in [6.45, 7) is 4.91. The average molecular weight is 190 g/mol. The highest BCUT2D eigenvalue weighted by atomic mass is 16.2. The minimum Gasteiger partial charge on any atom is -0.334 e. The average Bonchev–Trinajstić information content (AvgIpc) is 2.16. The fourth-order valence-electron chi connectivity index (χ4n) is 1.57. The number of hydrogen-bond acceptors (Lipinski definition) is 1. The second-order valence-electron chi connectivity index (χ2n) is 3.88. The molecule has 0 spiro atoms. The molecule has 2 rings (SSSR count). The Morgan fingerprint density at radius 1 is 1.36 bits per heavy atom. The second-order valence-corrected chi connectivity index (χ2v) is 3.88. The Morgan fingerprint density at radius 2 is 2.14 bits per heavy atom. The van der Waals surface area contributed by atoms with E-state index in [1.165, 1.54) is 5.56 Å². The molecule has 0 bridgehead atoms. The van der Waals surface area contributed by atoms with Crippen LogP contribution in [-0.2, 0) is 6.54 Å². The van der Waals surface area contributed by atoms with Crippen molar-refractivity contribution in [3.8, 4) is 0 Å². The highest BCUT2D eigenvalue weighted by molar-refractivity contribution is 5.92. The van der Waals surface area contributed by atoms with Crippen molar-refractivity contribution in [1.82, 2.24) is 5.32 Å². The first-order valence-electron chi connectivity index (χ1n) is 4.84. The van der Waals surface area contributed by atoms with Gasteiger partial charge in [-0.3, -0.25) is 0 Å². The van der Waals surface area contributed by atoms with Crippen LogP contribution in [0.15, 0.2) is 18.2 Å². The Morgan fingerprint density at radius 3 is 2.86 bits per heavy atom. The van der Waals surface area contributed by atoms with Gasteiger partial charge in [-0.1, -0.05) is 26.0 Å². The van der Waals surface area contributed by atoms with Gasteiger partial charge < -0.3 is 10.6 Å². The summed E-state index contributed by atoms with van der Waals surface area (Å²) >= 11 is 0. The molecule has 1 aromatic carbocycles. The van der Waals surface area contributed by atoms with Crippen molar-refractivity contribution < 1.29 is 4.79 Å². The summed E-state index contributed by atoms with van der Waals surface area (Å²) in [5.41, 5.74) is 3.35. The predicted molar refractivity (Wildman–Crippen MR) is 56.4 cm³/mol. The highest BCUT2D eigenvalue weighted by Crippen LogP contribution is 2.24. The van der Waals surface area contributed by atoms with Gasteiger partial charge in [-0.05, 0) is 23.1 Å². The first kappa shape index (κ1) is 9.06. The molecule has 2 N–H and O–H groups in total. The minimum atomic E-state index is -0.113. The molecule has 1 aromatic rings. The van der Waals surface area contributed by atoms with Gasteiger partial charge in [-0.15, -0.1) is 0 Å². The summed E-state index contributed by atoms with van der Waals surface area (Å²) in [6, 6.07) is 6.12. The Bertz CT molecular complexity index is 372. The molecule has 1 aliphatic heterocycles. The van der Waals surface area contributed by atoms with Gasteiger partial charge in [0.2, 0.25) is 0 Å². The van der Waals surface area contributed by atoms with Gasteiger partial charge in [0.25, 0.3) is 0 Å². The van der Waals surface area contributed by atoms with Gasteiger partial charge in [0, 0.05) is 12.2 Å². The Labute approximate surface area is 83.5 Å². The normalized spacial score (nSPS) is 14.6. The smallest absolute Gasteiger partial charge is 0.319 e. The first-order valence-corrected chi connectivity index (χ1v) is 4.84. The SMILES string of the molecule is CC(C)c1ccc2c(c1)NC(=O)NC2. The number of nitrogens with one attached hydrogen (secondary N) is 2. The van der Waals surface area contributed by atoms with Gasteiger partial charge in [-0.25, -0.2) is 4.79 Å². The first-order chi connectivity index (χ1) is 6.66. The van der Waals surface area contributed by atoms with E-state index in [9.17, 15) is 4.79 Å². The largest absolute Gasteiger partial charge is 0.334 e. The van der Waals surface area contributed by atoms with E-state index in [2.05, 4.69) is 42.7 Å². The topological polar surface area (TPSA) is 41.1 Å². The third-order valence-electron chi connectivity index (χ3n) is 2.49. The van der Waals surface area contributed by atoms with Crippen molar-refractivity contribution >= 4 is 11.7 Å². The van der Waals surface area contributed by atoms with Crippen LogP contribution < -0.4 is 10.6 Å². The number of urea groups is 1. The quantitative estimate of drug-likeness (QED) is 0.701. The lowest BCUT2D eigenvalue weighted by molar-refractivity contribution is 0.251. The third kappa shape index (κ3) is 1.58. The molecular weight excluding hydrogens is 176 g/mol. The molecule has 0 fully saturated rings. The zero-order chi connectivity index (χ0) is 10.1. The van der Waals surface area contributed by atoms with Gasteiger partial charge in [0.15, 0.2) is 0 Å². The van der Waals surface area contributed by atoms with Crippen molar-refractivity contribution in [3.63, 3.8) is 0 Å². The summed E-state index contributed by atoms with van der Waals surface area (Å²) < 4.78 is 0. The molecule has 0 atom stereocenters. The third-order valence-corrected chi connectivity index (χ3v) is 2.49. The Kier molecular flexibility index (Phi) is 2.15. The van der Waals surface area contributed by atoms with E-state index >= 15 is 0 Å². The van der Waals surface area contributed by atoms with Gasteiger partial charge in [-0.2, -0.15) is 0 Å². The lowest BCUT2D eigenvalue weighted by atomic mass is 9.99. The van der Waals surface area contributed by atoms with Crippen LogP contribution in [0.5, 0.6) is 0 Å². The number of hydrogen-bond donors (Lipinski definition) is 2. The number of fused-ring (bicyclic) bond motifs is 1. The Balaban J connectivity index is 2.37. The maximum absolute atomic E-state index is 11.1. The fraction of sp³-hybridized carbons (Fsp3) is 0.364. The molecule has 0 unspecified atom stereocenters. The van der Waals surface area contributed by atoms with Crippen molar-refractivity contribution in [2.24, 2.45) is 0 Å². The van der Waals surface area contributed by atoms with Crippen molar-refractivity contribution in [2.75, 3.05) is 5.32 Å². The van der Waals surface area contributed by atoms with Crippen LogP contribution >= 0.6 is 0 Å². The standard InChI is InChI=1S/C11H14N2O/c1-7(2)8-3-4-9-6-12-11(14)13-10(9)5-8/h3-5,7H,6H2,1-2H3,(H2,12,13,14). The lowest BCUT2D eigenvalue weighted by Crippen LogP contribution is -2.33. The molecule has 74 valence electrons. The number of benzene rings is 1. The number of rotatable bonds is 1. The molecule has 14 heavy (non-hydrogen) atoms. The molecule has 0 radical (unpaired) electrons. The summed E-state index contributed by atoms with van der Waals surface area (Å²) in [5, 5.41) is 5.54. The van der Waals surface area contributed by atoms with Crippen LogP contribution in [0.25, 0.3) is 0 Å². The van der Waals surface area contributed by atoms with E-state index < -0.39 is 0 Å². The van der Waals surface area contributed by atoms with E-state index in [1.54, 1.807) is 0 Å². The molecule has 3 heteroatoms. The highest BCUT2D eigenvalue weighted by Gasteiger charge is 2.14. The monoisotopic (exact) mass is 190 g/mol. The molecule has 0 aliphatic carbocycles. The van der Waals surface area contributed by atoms with Gasteiger partial charge in [0.1, 0.15) is 0 Å². The van der Waals surface area contributed by atoms with E-state index in [0.29, 0.717) is 12.5 Å². The maximum Gasteiger partial charge on any atom is 0.319 e. The van der Waals surface area contributed by atoms with E-state index in [1.807, 2.05) is 0 Å². The van der Waals surface area contributed by atoms with Crippen LogP contribution in [0.3, 0.4) is 0 Å². The summed E-state index contributed by atoms with van der Waals surface area (Å²) in [7, 11) is 0. The molecule has 1 aliphatic rings. The molecule has 2 amide bonds. The summed E-state index contributed by atoms with van der Waals surface area (Å²) in [6.07, 6.45) is 0. The maximum atomic E-state index is 11.1. The molecule has 0 saturated carbocycles.